The van der Waals surface area contributed by atoms with Gasteiger partial charge >= 0.3 is 6.03 Å². The molecule has 0 unspecified atom stereocenters. The van der Waals surface area contributed by atoms with Crippen LogP contribution < -0.4 is 10.6 Å². The molecule has 0 radical (unpaired) electrons. The quantitative estimate of drug-likeness (QED) is 0.770. The van der Waals surface area contributed by atoms with Crippen LogP contribution in [0.5, 0.6) is 0 Å². The molecule has 0 saturated heterocycles. The van der Waals surface area contributed by atoms with Crippen LogP contribution in [0.25, 0.3) is 0 Å². The van der Waals surface area contributed by atoms with Gasteiger partial charge in [0.1, 0.15) is 0 Å². The number of aryl methyl sites for hydroxylation is 1. The highest BCUT2D eigenvalue weighted by Gasteiger charge is 1.96. The summed E-state index contributed by atoms with van der Waals surface area (Å²) in [5.74, 6) is 0. The van der Waals surface area contributed by atoms with Crippen molar-refractivity contribution in [3.05, 3.63) is 29.8 Å². The van der Waals surface area contributed by atoms with E-state index in [1.807, 2.05) is 38.1 Å². The van der Waals surface area contributed by atoms with Crippen LogP contribution in [0.15, 0.2) is 24.3 Å². The zero-order valence-corrected chi connectivity index (χ0v) is 9.92. The molecular weight excluding hydrogens is 188 g/mol. The predicted octanol–water partition coefficient (Wildman–Crippen LogP) is 3.03. The zero-order chi connectivity index (χ0) is 11.7. The maximum Gasteiger partial charge on any atom is 0.318 e. The average molecular weight is 208 g/mol. The molecule has 3 nitrogen and oxygen atoms in total. The SMILES string of the molecule is CC.CCc1ccc(NC(=O)NC)cc1. The Labute approximate surface area is 91.9 Å². The van der Waals surface area contributed by atoms with E-state index in [0.717, 1.165) is 12.1 Å². The summed E-state index contributed by atoms with van der Waals surface area (Å²) in [6.45, 7) is 6.10. The molecule has 0 aliphatic heterocycles. The minimum absolute atomic E-state index is 0.191. The van der Waals surface area contributed by atoms with Crippen LogP contribution in [0.3, 0.4) is 0 Å². The summed E-state index contributed by atoms with van der Waals surface area (Å²) in [6, 6.07) is 7.61. The molecule has 2 N–H and O–H groups in total. The molecule has 15 heavy (non-hydrogen) atoms. The van der Waals surface area contributed by atoms with E-state index in [-0.39, 0.29) is 6.03 Å². The standard InChI is InChI=1S/C10H14N2O.C2H6/c1-3-8-4-6-9(7-5-8)12-10(13)11-2;1-2/h4-7H,3H2,1-2H3,(H2,11,12,13);1-2H3. The van der Waals surface area contributed by atoms with Crippen molar-refractivity contribution >= 4 is 11.7 Å². The van der Waals surface area contributed by atoms with Crippen LogP contribution in [0.2, 0.25) is 0 Å². The van der Waals surface area contributed by atoms with E-state index in [1.165, 1.54) is 5.56 Å². The molecule has 3 heteroatoms. The molecule has 0 spiro atoms. The number of benzene rings is 1. The summed E-state index contributed by atoms with van der Waals surface area (Å²) >= 11 is 0. The van der Waals surface area contributed by atoms with Crippen molar-refractivity contribution in [3.8, 4) is 0 Å². The highest BCUT2D eigenvalue weighted by atomic mass is 16.2. The first-order chi connectivity index (χ1) is 7.26. The normalized spacial score (nSPS) is 8.53. The van der Waals surface area contributed by atoms with E-state index in [1.54, 1.807) is 7.05 Å². The number of carbonyl (C=O) groups excluding carboxylic acids is 1. The highest BCUT2D eigenvalue weighted by molar-refractivity contribution is 5.88. The Morgan fingerprint density at radius 3 is 2.13 bits per heavy atom. The first-order valence-electron chi connectivity index (χ1n) is 5.34. The minimum atomic E-state index is -0.191. The summed E-state index contributed by atoms with van der Waals surface area (Å²) < 4.78 is 0. The summed E-state index contributed by atoms with van der Waals surface area (Å²) in [4.78, 5) is 10.9. The van der Waals surface area contributed by atoms with E-state index < -0.39 is 0 Å². The monoisotopic (exact) mass is 208 g/mol. The molecular formula is C12H20N2O. The number of hydrogen-bond donors (Lipinski definition) is 2. The summed E-state index contributed by atoms with van der Waals surface area (Å²) in [5.41, 5.74) is 2.08. The van der Waals surface area contributed by atoms with Crippen molar-refractivity contribution in [2.24, 2.45) is 0 Å². The van der Waals surface area contributed by atoms with Gasteiger partial charge in [-0.1, -0.05) is 32.9 Å². The van der Waals surface area contributed by atoms with Gasteiger partial charge in [-0.3, -0.25) is 0 Å². The van der Waals surface area contributed by atoms with Crippen molar-refractivity contribution < 1.29 is 4.79 Å². The third-order valence-corrected chi connectivity index (χ3v) is 1.85. The molecule has 84 valence electrons. The summed E-state index contributed by atoms with van der Waals surface area (Å²) in [6.07, 6.45) is 1.01. The maximum atomic E-state index is 10.9. The minimum Gasteiger partial charge on any atom is -0.341 e. The molecule has 0 fully saturated rings. The maximum absolute atomic E-state index is 10.9. The average Bonchev–Trinajstić information content (AvgIpc) is 2.32. The number of urea groups is 1. The molecule has 0 heterocycles. The molecule has 0 saturated carbocycles. The van der Waals surface area contributed by atoms with Crippen molar-refractivity contribution in [1.29, 1.82) is 0 Å². The number of anilines is 1. The van der Waals surface area contributed by atoms with Gasteiger partial charge in [-0.05, 0) is 24.1 Å². The molecule has 0 aliphatic carbocycles. The first-order valence-corrected chi connectivity index (χ1v) is 5.34. The van der Waals surface area contributed by atoms with E-state index in [0.29, 0.717) is 0 Å². The molecule has 1 aromatic rings. The molecule has 1 rings (SSSR count). The van der Waals surface area contributed by atoms with Crippen LogP contribution in [0.1, 0.15) is 26.3 Å². The molecule has 2 amide bonds. The molecule has 0 atom stereocenters. The van der Waals surface area contributed by atoms with Gasteiger partial charge in [-0.25, -0.2) is 4.79 Å². The fraction of sp³-hybridized carbons (Fsp3) is 0.417. The lowest BCUT2D eigenvalue weighted by Gasteiger charge is -2.04. The Morgan fingerprint density at radius 1 is 1.20 bits per heavy atom. The van der Waals surface area contributed by atoms with Gasteiger partial charge in [-0.2, -0.15) is 0 Å². The Morgan fingerprint density at radius 2 is 1.73 bits per heavy atom. The van der Waals surface area contributed by atoms with Gasteiger partial charge in [0.25, 0.3) is 0 Å². The van der Waals surface area contributed by atoms with Crippen molar-refractivity contribution in [1.82, 2.24) is 5.32 Å². The molecule has 0 aromatic heterocycles. The fourth-order valence-electron chi connectivity index (χ4n) is 1.02. The smallest absolute Gasteiger partial charge is 0.318 e. The van der Waals surface area contributed by atoms with Gasteiger partial charge in [0.15, 0.2) is 0 Å². The van der Waals surface area contributed by atoms with E-state index in [2.05, 4.69) is 17.6 Å². The van der Waals surface area contributed by atoms with Crippen molar-refractivity contribution in [2.45, 2.75) is 27.2 Å². The largest absolute Gasteiger partial charge is 0.341 e. The van der Waals surface area contributed by atoms with Crippen LogP contribution in [0.4, 0.5) is 10.5 Å². The van der Waals surface area contributed by atoms with Crippen molar-refractivity contribution in [3.63, 3.8) is 0 Å². The van der Waals surface area contributed by atoms with Crippen LogP contribution in [-0.4, -0.2) is 13.1 Å². The number of hydrogen-bond acceptors (Lipinski definition) is 1. The van der Waals surface area contributed by atoms with Crippen molar-refractivity contribution in [2.75, 3.05) is 12.4 Å². The van der Waals surface area contributed by atoms with Gasteiger partial charge in [0.05, 0.1) is 0 Å². The molecule has 1 aromatic carbocycles. The number of rotatable bonds is 2. The lowest BCUT2D eigenvalue weighted by molar-refractivity contribution is 0.254. The second kappa shape index (κ2) is 7.85. The highest BCUT2D eigenvalue weighted by Crippen LogP contribution is 2.09. The number of nitrogens with one attached hydrogen (secondary N) is 2. The predicted molar refractivity (Wildman–Crippen MR) is 65.2 cm³/mol. The van der Waals surface area contributed by atoms with Gasteiger partial charge in [-0.15, -0.1) is 0 Å². The lowest BCUT2D eigenvalue weighted by atomic mass is 10.1. The zero-order valence-electron chi connectivity index (χ0n) is 9.92. The fourth-order valence-corrected chi connectivity index (χ4v) is 1.02. The summed E-state index contributed by atoms with van der Waals surface area (Å²) in [5, 5.41) is 5.18. The third kappa shape index (κ3) is 5.05. The Bertz CT molecular complexity index is 280. The Hall–Kier alpha value is -1.51. The second-order valence-corrected chi connectivity index (χ2v) is 2.75. The van der Waals surface area contributed by atoms with Crippen LogP contribution >= 0.6 is 0 Å². The molecule has 0 aliphatic rings. The first kappa shape index (κ1) is 13.5. The van der Waals surface area contributed by atoms with E-state index in [4.69, 9.17) is 0 Å². The topological polar surface area (TPSA) is 41.1 Å². The van der Waals surface area contributed by atoms with Gasteiger partial charge in [0, 0.05) is 12.7 Å². The third-order valence-electron chi connectivity index (χ3n) is 1.85. The Kier molecular flexibility index (Phi) is 7.06. The van der Waals surface area contributed by atoms with Gasteiger partial charge < -0.3 is 10.6 Å². The van der Waals surface area contributed by atoms with E-state index >= 15 is 0 Å². The summed E-state index contributed by atoms with van der Waals surface area (Å²) in [7, 11) is 1.59. The van der Waals surface area contributed by atoms with Gasteiger partial charge in [0.2, 0.25) is 0 Å². The van der Waals surface area contributed by atoms with Crippen LogP contribution in [0, 0.1) is 0 Å². The molecule has 0 bridgehead atoms. The van der Waals surface area contributed by atoms with Crippen LogP contribution in [-0.2, 0) is 6.42 Å². The second-order valence-electron chi connectivity index (χ2n) is 2.75. The van der Waals surface area contributed by atoms with E-state index in [9.17, 15) is 4.79 Å². The number of carbonyl (C=O) groups is 1. The number of amides is 2. The lowest BCUT2D eigenvalue weighted by Crippen LogP contribution is -2.24. The Balaban J connectivity index is 0.000000921.